The van der Waals surface area contributed by atoms with Crippen molar-refractivity contribution in [2.45, 2.75) is 226 Å². The minimum atomic E-state index is -1.49. The zero-order valence-electron chi connectivity index (χ0n) is 75.1. The second-order valence-electron chi connectivity index (χ2n) is 29.0. The molecule has 7 amide bonds. The van der Waals surface area contributed by atoms with Crippen molar-refractivity contribution in [3.63, 3.8) is 0 Å². The summed E-state index contributed by atoms with van der Waals surface area (Å²) >= 11 is 0. The first-order valence-corrected chi connectivity index (χ1v) is 41.9. The monoisotopic (exact) mass is 1860 g/mol. The van der Waals surface area contributed by atoms with Crippen LogP contribution in [0.1, 0.15) is 128 Å². The molecule has 15 unspecified atom stereocenters. The maximum Gasteiger partial charge on any atom is 0.303 e. The van der Waals surface area contributed by atoms with Crippen LogP contribution >= 0.6 is 0 Å². The summed E-state index contributed by atoms with van der Waals surface area (Å²) in [6.07, 6.45) is -14.4. The molecule has 0 aromatic heterocycles. The number of carbonyl (C=O) groups is 16. The second kappa shape index (κ2) is 65.7. The Kier molecular flexibility index (Phi) is 57.8. The van der Waals surface area contributed by atoms with Crippen molar-refractivity contribution >= 4 is 95.1 Å². The Morgan fingerprint density at radius 3 is 0.845 bits per heavy atom. The van der Waals surface area contributed by atoms with Crippen LogP contribution in [0.2, 0.25) is 0 Å². The third-order valence-corrected chi connectivity index (χ3v) is 17.7. The first-order valence-electron chi connectivity index (χ1n) is 41.9. The lowest BCUT2D eigenvalue weighted by molar-refractivity contribution is -0.279. The number of unbranched alkanes of at least 4 members (excludes halogenated alkanes) is 2. The van der Waals surface area contributed by atoms with E-state index in [9.17, 15) is 76.7 Å². The summed E-state index contributed by atoms with van der Waals surface area (Å²) in [5.41, 5.74) is 7.26. The van der Waals surface area contributed by atoms with Crippen LogP contribution < -0.4 is 37.2 Å². The molecule has 129 heavy (non-hydrogen) atoms. The number of carbonyl (C=O) groups excluding carboxylic acids is 16. The van der Waals surface area contributed by atoms with Gasteiger partial charge in [0.15, 0.2) is 55.5 Å². The molecule has 3 saturated heterocycles. The van der Waals surface area contributed by atoms with Crippen LogP contribution in [0, 0.1) is 0 Å². The molecule has 0 bridgehead atoms. The lowest BCUT2D eigenvalue weighted by atomic mass is 9.96. The van der Waals surface area contributed by atoms with E-state index < -0.39 is 212 Å². The van der Waals surface area contributed by atoms with Crippen molar-refractivity contribution in [1.29, 1.82) is 0 Å². The van der Waals surface area contributed by atoms with Crippen LogP contribution in [0.25, 0.3) is 10.4 Å². The van der Waals surface area contributed by atoms with Gasteiger partial charge in [0.05, 0.1) is 139 Å². The van der Waals surface area contributed by atoms with Gasteiger partial charge in [-0.05, 0) is 18.4 Å². The third-order valence-electron chi connectivity index (χ3n) is 17.7. The highest BCUT2D eigenvalue weighted by atomic mass is 16.7. The van der Waals surface area contributed by atoms with E-state index in [1.165, 1.54) is 20.8 Å². The summed E-state index contributed by atoms with van der Waals surface area (Å²) in [5, 5.41) is 22.5. The van der Waals surface area contributed by atoms with Gasteiger partial charge in [0, 0.05) is 140 Å². The molecular weight excluding hydrogens is 1730 g/mol. The Labute approximate surface area is 745 Å². The summed E-state index contributed by atoms with van der Waals surface area (Å²) < 4.78 is 136. The van der Waals surface area contributed by atoms with E-state index in [4.69, 9.17) is 119 Å². The summed E-state index contributed by atoms with van der Waals surface area (Å²) in [4.78, 5) is 201. The molecule has 3 fully saturated rings. The van der Waals surface area contributed by atoms with E-state index in [-0.39, 0.29) is 191 Å². The van der Waals surface area contributed by atoms with E-state index in [0.717, 1.165) is 62.3 Å². The molecule has 0 radical (unpaired) electrons. The molecule has 3 heterocycles. The first kappa shape index (κ1) is 113. The zero-order valence-corrected chi connectivity index (χ0v) is 75.1. The average Bonchev–Trinajstić information content (AvgIpc) is 0.795. The summed E-state index contributed by atoms with van der Waals surface area (Å²) in [6.45, 7) is 11.6. The molecule has 50 nitrogen and oxygen atoms in total. The van der Waals surface area contributed by atoms with Crippen LogP contribution in [0.5, 0.6) is 0 Å². The number of rotatable bonds is 67. The van der Waals surface area contributed by atoms with Gasteiger partial charge < -0.3 is 151 Å². The lowest BCUT2D eigenvalue weighted by Gasteiger charge is -2.44. The molecule has 3 aliphatic heterocycles. The molecule has 0 saturated carbocycles. The Morgan fingerprint density at radius 2 is 0.581 bits per heavy atom. The third kappa shape index (κ3) is 50.8. The topological polar surface area (TPSA) is 628 Å². The average molecular weight is 1860 g/mol. The van der Waals surface area contributed by atoms with Gasteiger partial charge in [0.2, 0.25) is 41.4 Å². The van der Waals surface area contributed by atoms with Crippen molar-refractivity contribution in [2.24, 2.45) is 5.11 Å². The molecule has 0 spiro atoms. The minimum Gasteiger partial charge on any atom is -0.463 e. The number of amides is 7. The number of ether oxygens (including phenoxy) is 24. The molecule has 0 aliphatic carbocycles. The maximum atomic E-state index is 13.8. The number of azide groups is 1. The molecule has 50 heteroatoms. The normalized spacial score (nSPS) is 22.1. The van der Waals surface area contributed by atoms with Gasteiger partial charge in [-0.2, -0.15) is 0 Å². The van der Waals surface area contributed by atoms with Crippen molar-refractivity contribution in [3.05, 3.63) is 10.4 Å². The standard InChI is InChI=1S/C79H128N10O40/c1-48(90)85-67-73(124-57(10)99)70(121-54(7)96)60(42-118-51(4)93)127-76(67)115-39-36-109-33-30-106-27-21-81-63(102)17-24-112-45-79(88-66(105)16-14-13-15-20-84-89-80,46-113-25-18-64(103)82-22-28-107-31-34-110-37-40-116-77-68(86-49(2)91)74(125-58(11)100)71(122-55(8)97)61(128-77)43-119-52(5)94)47-114-26-19-65(104)83-23-29-108-32-35-111-38-41-117-78-69(87-50(3)92)75(126-59(12)101)72(123-56(9)98)62(129-78)44-120-53(6)95/h60-62,67-78H,13-47H2,1-12H3,(H,81,102)(H,82,103)(H,83,104)(H,85,90)(H,86,91)(H,87,92)(H,88,105). The zero-order chi connectivity index (χ0) is 95.5. The van der Waals surface area contributed by atoms with Gasteiger partial charge in [-0.1, -0.05) is 11.5 Å². The Hall–Kier alpha value is -9.77. The largest absolute Gasteiger partial charge is 0.463 e. The van der Waals surface area contributed by atoms with Gasteiger partial charge in [-0.15, -0.1) is 0 Å². The second-order valence-corrected chi connectivity index (χ2v) is 29.0. The number of hydrogen-bond acceptors (Lipinski definition) is 41. The lowest BCUT2D eigenvalue weighted by Crippen LogP contribution is -2.66. The van der Waals surface area contributed by atoms with Crippen LogP contribution in [0.3, 0.4) is 0 Å². The molecule has 7 N–H and O–H groups in total. The van der Waals surface area contributed by atoms with Gasteiger partial charge in [-0.3, -0.25) is 76.7 Å². The van der Waals surface area contributed by atoms with E-state index in [2.05, 4.69) is 47.2 Å². The molecular formula is C79H128N10O40. The molecule has 3 aliphatic rings. The number of esters is 9. The highest BCUT2D eigenvalue weighted by molar-refractivity contribution is 5.79. The predicted molar refractivity (Wildman–Crippen MR) is 433 cm³/mol. The summed E-state index contributed by atoms with van der Waals surface area (Å²) in [6, 6.07) is -3.54. The molecule has 0 aromatic rings. The van der Waals surface area contributed by atoms with Crippen LogP contribution in [0.15, 0.2) is 5.11 Å². The van der Waals surface area contributed by atoms with Crippen molar-refractivity contribution < 1.29 is 190 Å². The van der Waals surface area contributed by atoms with Crippen molar-refractivity contribution in [3.8, 4) is 0 Å². The van der Waals surface area contributed by atoms with E-state index in [1.807, 2.05) is 0 Å². The summed E-state index contributed by atoms with van der Waals surface area (Å²) in [5.74, 6) is -10.1. The van der Waals surface area contributed by atoms with Crippen LogP contribution in [0.4, 0.5) is 0 Å². The van der Waals surface area contributed by atoms with E-state index in [1.54, 1.807) is 0 Å². The Bertz CT molecular complexity index is 3210. The van der Waals surface area contributed by atoms with Crippen molar-refractivity contribution in [1.82, 2.24) is 37.2 Å². The maximum absolute atomic E-state index is 13.8. The van der Waals surface area contributed by atoms with E-state index in [0.29, 0.717) is 19.3 Å². The fraction of sp³-hybridized carbons (Fsp3) is 0.797. The SMILES string of the molecule is CC(=O)NC1C(OCCOCCOCCNC(=O)CCOCC(COCCC(=O)NCCOCCOCCOC2OC(COC(C)=O)C(OC(C)=O)C(OC(C)=O)C2NC(C)=O)(COCCC(=O)NCCOCCOCCOC2OC(COC(C)=O)C(OC(C)=O)C(OC(C)=O)C2NC(C)=O)NC(=O)CCCCCN=[N+]=[N-])OC(COC(C)=O)C(OC(C)=O)C1OC(C)=O. The Morgan fingerprint density at radius 1 is 0.310 bits per heavy atom. The molecule has 15 atom stereocenters. The quantitative estimate of drug-likeness (QED) is 0.00820. The van der Waals surface area contributed by atoms with Gasteiger partial charge in [0.25, 0.3) is 0 Å². The van der Waals surface area contributed by atoms with Crippen molar-refractivity contribution in [2.75, 3.05) is 185 Å². The molecule has 3 rings (SSSR count). The highest BCUT2D eigenvalue weighted by Crippen LogP contribution is 2.32. The smallest absolute Gasteiger partial charge is 0.303 e. The van der Waals surface area contributed by atoms with Crippen LogP contribution in [-0.2, 0) is 190 Å². The Balaban J connectivity index is 1.62. The van der Waals surface area contributed by atoms with Gasteiger partial charge in [0.1, 0.15) is 61.8 Å². The van der Waals surface area contributed by atoms with Crippen LogP contribution in [-0.4, -0.2) is 377 Å². The van der Waals surface area contributed by atoms with Gasteiger partial charge in [-0.25, -0.2) is 0 Å². The highest BCUT2D eigenvalue weighted by Gasteiger charge is 2.55. The first-order chi connectivity index (χ1) is 61.5. The number of hydrogen-bond donors (Lipinski definition) is 7. The fourth-order valence-electron chi connectivity index (χ4n) is 12.6. The number of nitrogens with zero attached hydrogens (tertiary/aromatic N) is 3. The van der Waals surface area contributed by atoms with E-state index >= 15 is 0 Å². The fourth-order valence-corrected chi connectivity index (χ4v) is 12.6. The number of nitrogens with one attached hydrogen (secondary N) is 7. The molecule has 0 aromatic carbocycles. The summed E-state index contributed by atoms with van der Waals surface area (Å²) in [7, 11) is 0. The van der Waals surface area contributed by atoms with Gasteiger partial charge >= 0.3 is 53.7 Å². The minimum absolute atomic E-state index is 0.00244. The molecule has 734 valence electrons. The predicted octanol–water partition coefficient (Wildman–Crippen LogP) is -2.60.